The second-order valence-corrected chi connectivity index (χ2v) is 4.66. The van der Waals surface area contributed by atoms with E-state index in [0.29, 0.717) is 24.6 Å². The molecule has 0 unspecified atom stereocenters. The lowest BCUT2D eigenvalue weighted by atomic mass is 10.1. The largest absolute Gasteiger partial charge is 0.352 e. The summed E-state index contributed by atoms with van der Waals surface area (Å²) in [5.41, 5.74) is 1.50. The Balaban J connectivity index is 0.00000242. The molecule has 120 valence electrons. The molecular formula is C14H20FIN6. The van der Waals surface area contributed by atoms with Crippen LogP contribution < -0.4 is 10.6 Å². The van der Waals surface area contributed by atoms with Crippen LogP contribution >= 0.6 is 24.0 Å². The second kappa shape index (κ2) is 8.66. The maximum absolute atomic E-state index is 13.5. The quantitative estimate of drug-likeness (QED) is 0.451. The lowest BCUT2D eigenvalue weighted by Crippen LogP contribution is -2.37. The number of aliphatic imine (C=N–C) groups is 1. The van der Waals surface area contributed by atoms with Crippen molar-refractivity contribution >= 4 is 29.9 Å². The molecular weight excluding hydrogens is 398 g/mol. The predicted molar refractivity (Wildman–Crippen MR) is 94.6 cm³/mol. The molecule has 6 nitrogen and oxygen atoms in total. The molecule has 22 heavy (non-hydrogen) atoms. The number of aromatic nitrogens is 3. The highest BCUT2D eigenvalue weighted by Crippen LogP contribution is 2.08. The summed E-state index contributed by atoms with van der Waals surface area (Å²) in [6.07, 6.45) is 1.50. The normalized spacial score (nSPS) is 11.0. The molecule has 0 saturated carbocycles. The average Bonchev–Trinajstić information content (AvgIpc) is 2.88. The van der Waals surface area contributed by atoms with E-state index in [2.05, 4.69) is 25.7 Å². The molecule has 0 aliphatic rings. The number of rotatable bonds is 4. The Morgan fingerprint density at radius 2 is 2.05 bits per heavy atom. The van der Waals surface area contributed by atoms with Crippen molar-refractivity contribution in [2.24, 2.45) is 12.0 Å². The van der Waals surface area contributed by atoms with Gasteiger partial charge in [-0.1, -0.05) is 12.1 Å². The zero-order valence-electron chi connectivity index (χ0n) is 12.8. The molecule has 0 spiro atoms. The van der Waals surface area contributed by atoms with Gasteiger partial charge in [0, 0.05) is 20.6 Å². The van der Waals surface area contributed by atoms with E-state index in [-0.39, 0.29) is 29.8 Å². The van der Waals surface area contributed by atoms with Crippen LogP contribution in [0.2, 0.25) is 0 Å². The van der Waals surface area contributed by atoms with Crippen LogP contribution in [0, 0.1) is 12.7 Å². The first-order valence-electron chi connectivity index (χ1n) is 6.62. The van der Waals surface area contributed by atoms with Gasteiger partial charge in [0.2, 0.25) is 0 Å². The van der Waals surface area contributed by atoms with Crippen molar-refractivity contribution in [1.29, 1.82) is 0 Å². The molecule has 2 aromatic rings. The second-order valence-electron chi connectivity index (χ2n) is 4.66. The Bertz CT molecular complexity index is 640. The highest BCUT2D eigenvalue weighted by atomic mass is 127. The first kappa shape index (κ1) is 18.3. The average molecular weight is 418 g/mol. The van der Waals surface area contributed by atoms with Gasteiger partial charge in [-0.3, -0.25) is 9.67 Å². The third kappa shape index (κ3) is 4.93. The van der Waals surface area contributed by atoms with E-state index in [1.165, 1.54) is 12.4 Å². The van der Waals surface area contributed by atoms with E-state index in [4.69, 9.17) is 0 Å². The van der Waals surface area contributed by atoms with Crippen LogP contribution in [-0.4, -0.2) is 27.8 Å². The molecule has 0 bridgehead atoms. The van der Waals surface area contributed by atoms with Crippen molar-refractivity contribution in [2.75, 3.05) is 7.05 Å². The maximum Gasteiger partial charge on any atom is 0.191 e. The molecule has 2 rings (SSSR count). The number of aryl methyl sites for hydroxylation is 2. The molecule has 0 amide bonds. The van der Waals surface area contributed by atoms with Gasteiger partial charge in [-0.15, -0.1) is 24.0 Å². The molecule has 1 heterocycles. The van der Waals surface area contributed by atoms with E-state index in [1.54, 1.807) is 24.7 Å². The van der Waals surface area contributed by atoms with Gasteiger partial charge in [0.05, 0.1) is 6.54 Å². The van der Waals surface area contributed by atoms with Crippen LogP contribution in [0.5, 0.6) is 0 Å². The van der Waals surface area contributed by atoms with Crippen molar-refractivity contribution in [3.63, 3.8) is 0 Å². The van der Waals surface area contributed by atoms with Crippen LogP contribution in [-0.2, 0) is 20.1 Å². The van der Waals surface area contributed by atoms with Crippen molar-refractivity contribution < 1.29 is 4.39 Å². The van der Waals surface area contributed by atoms with E-state index >= 15 is 0 Å². The highest BCUT2D eigenvalue weighted by Gasteiger charge is 2.04. The van der Waals surface area contributed by atoms with Crippen LogP contribution in [0.1, 0.15) is 17.0 Å². The van der Waals surface area contributed by atoms with Gasteiger partial charge in [0.1, 0.15) is 18.0 Å². The molecule has 1 aromatic carbocycles. The van der Waals surface area contributed by atoms with Crippen LogP contribution in [0.25, 0.3) is 0 Å². The Kier molecular flexibility index (Phi) is 7.22. The summed E-state index contributed by atoms with van der Waals surface area (Å²) in [4.78, 5) is 8.23. The zero-order chi connectivity index (χ0) is 15.2. The van der Waals surface area contributed by atoms with E-state index in [9.17, 15) is 4.39 Å². The van der Waals surface area contributed by atoms with E-state index in [0.717, 1.165) is 11.4 Å². The van der Waals surface area contributed by atoms with Gasteiger partial charge in [-0.2, -0.15) is 5.10 Å². The third-order valence-electron chi connectivity index (χ3n) is 3.14. The summed E-state index contributed by atoms with van der Waals surface area (Å²) in [5.74, 6) is 1.23. The summed E-state index contributed by atoms with van der Waals surface area (Å²) in [6.45, 7) is 2.75. The molecule has 0 fully saturated rings. The fourth-order valence-corrected chi connectivity index (χ4v) is 1.80. The standard InChI is InChI=1S/C14H19FN6.HI/c1-10-4-5-11(6-12(10)15)7-17-14(16-2)18-8-13-19-9-20-21(13)3;/h4-6,9H,7-8H2,1-3H3,(H2,16,17,18);1H. The van der Waals surface area contributed by atoms with E-state index < -0.39 is 0 Å². The predicted octanol–water partition coefficient (Wildman–Crippen LogP) is 1.75. The van der Waals surface area contributed by atoms with Crippen LogP contribution in [0.3, 0.4) is 0 Å². The van der Waals surface area contributed by atoms with Crippen molar-refractivity contribution in [2.45, 2.75) is 20.0 Å². The number of nitrogens with one attached hydrogen (secondary N) is 2. The molecule has 0 saturated heterocycles. The van der Waals surface area contributed by atoms with Gasteiger partial charge >= 0.3 is 0 Å². The fraction of sp³-hybridized carbons (Fsp3) is 0.357. The minimum atomic E-state index is -0.198. The summed E-state index contributed by atoms with van der Waals surface area (Å²) in [7, 11) is 3.51. The summed E-state index contributed by atoms with van der Waals surface area (Å²) >= 11 is 0. The minimum Gasteiger partial charge on any atom is -0.352 e. The smallest absolute Gasteiger partial charge is 0.191 e. The summed E-state index contributed by atoms with van der Waals surface area (Å²) in [6, 6.07) is 5.18. The molecule has 2 N–H and O–H groups in total. The number of hydrogen-bond donors (Lipinski definition) is 2. The molecule has 8 heteroatoms. The van der Waals surface area contributed by atoms with Crippen LogP contribution in [0.15, 0.2) is 29.5 Å². The molecule has 0 radical (unpaired) electrons. The van der Waals surface area contributed by atoms with Gasteiger partial charge < -0.3 is 10.6 Å². The van der Waals surface area contributed by atoms with E-state index in [1.807, 2.05) is 13.1 Å². The first-order chi connectivity index (χ1) is 10.1. The van der Waals surface area contributed by atoms with Gasteiger partial charge in [0.15, 0.2) is 5.96 Å². The van der Waals surface area contributed by atoms with Gasteiger partial charge in [-0.05, 0) is 24.1 Å². The number of guanidine groups is 1. The van der Waals surface area contributed by atoms with Gasteiger partial charge in [0.25, 0.3) is 0 Å². The fourth-order valence-electron chi connectivity index (χ4n) is 1.80. The molecule has 1 aromatic heterocycles. The maximum atomic E-state index is 13.5. The molecule has 0 atom stereocenters. The zero-order valence-corrected chi connectivity index (χ0v) is 15.1. The summed E-state index contributed by atoms with van der Waals surface area (Å²) in [5, 5.41) is 10.3. The number of halogens is 2. The number of benzene rings is 1. The molecule has 0 aliphatic carbocycles. The lowest BCUT2D eigenvalue weighted by Gasteiger charge is -2.12. The third-order valence-corrected chi connectivity index (χ3v) is 3.14. The Morgan fingerprint density at radius 1 is 1.32 bits per heavy atom. The molecule has 0 aliphatic heterocycles. The van der Waals surface area contributed by atoms with Crippen molar-refractivity contribution in [3.8, 4) is 0 Å². The Morgan fingerprint density at radius 3 is 2.64 bits per heavy atom. The monoisotopic (exact) mass is 418 g/mol. The Hall–Kier alpha value is -1.71. The van der Waals surface area contributed by atoms with Crippen molar-refractivity contribution in [1.82, 2.24) is 25.4 Å². The van der Waals surface area contributed by atoms with Crippen LogP contribution in [0.4, 0.5) is 4.39 Å². The SMILES string of the molecule is CN=C(NCc1ccc(C)c(F)c1)NCc1ncnn1C.I. The van der Waals surface area contributed by atoms with Gasteiger partial charge in [-0.25, -0.2) is 9.37 Å². The minimum absolute atomic E-state index is 0. The Labute approximate surface area is 146 Å². The number of nitrogens with zero attached hydrogens (tertiary/aromatic N) is 4. The van der Waals surface area contributed by atoms with Crippen molar-refractivity contribution in [3.05, 3.63) is 47.3 Å². The number of hydrogen-bond acceptors (Lipinski definition) is 3. The first-order valence-corrected chi connectivity index (χ1v) is 6.62. The topological polar surface area (TPSA) is 67.1 Å². The lowest BCUT2D eigenvalue weighted by molar-refractivity contribution is 0.615. The summed E-state index contributed by atoms with van der Waals surface area (Å²) < 4.78 is 15.2. The highest BCUT2D eigenvalue weighted by molar-refractivity contribution is 14.0.